The van der Waals surface area contributed by atoms with Crippen LogP contribution in [0.1, 0.15) is 47.7 Å². The summed E-state index contributed by atoms with van der Waals surface area (Å²) in [4.78, 5) is 22.7. The van der Waals surface area contributed by atoms with Crippen molar-refractivity contribution < 1.29 is 51.5 Å². The van der Waals surface area contributed by atoms with E-state index in [9.17, 15) is 23.1 Å². The molecule has 23 heteroatoms. The van der Waals surface area contributed by atoms with Crippen LogP contribution in [0.4, 0.5) is 13.2 Å². The zero-order valence-electron chi connectivity index (χ0n) is 39.8. The van der Waals surface area contributed by atoms with Gasteiger partial charge in [0.2, 0.25) is 16.4 Å². The lowest BCUT2D eigenvalue weighted by Gasteiger charge is -2.33. The normalized spacial score (nSPS) is 17.7. The van der Waals surface area contributed by atoms with Crippen LogP contribution in [0.2, 0.25) is 15.1 Å². The largest absolute Gasteiger partial charge is 0.503 e. The Hall–Kier alpha value is -6.03. The Labute approximate surface area is 448 Å². The van der Waals surface area contributed by atoms with Crippen molar-refractivity contribution in [1.29, 1.82) is 0 Å². The van der Waals surface area contributed by atoms with Crippen molar-refractivity contribution in [3.8, 4) is 17.4 Å². The third-order valence-electron chi connectivity index (χ3n) is 11.5. The van der Waals surface area contributed by atoms with Gasteiger partial charge in [-0.25, -0.2) is 24.4 Å². The zero-order chi connectivity index (χ0) is 53.1. The van der Waals surface area contributed by atoms with Gasteiger partial charge in [-0.2, -0.15) is 18.3 Å². The monoisotopic (exact) mass is 1120 g/mol. The molecule has 390 valence electrons. The van der Waals surface area contributed by atoms with E-state index in [0.717, 1.165) is 24.5 Å². The minimum Gasteiger partial charge on any atom is -0.503 e. The van der Waals surface area contributed by atoms with E-state index in [4.69, 9.17) is 87.0 Å². The molecular weight excluding hydrogens is 1070 g/mol. The van der Waals surface area contributed by atoms with Crippen LogP contribution in [0, 0.1) is 4.77 Å². The second-order valence-electron chi connectivity index (χ2n) is 16.9. The Kier molecular flexibility index (Phi) is 18.5. The van der Waals surface area contributed by atoms with Crippen LogP contribution >= 0.6 is 58.6 Å². The number of pyridine rings is 1. The Morgan fingerprint density at radius 3 is 2.27 bits per heavy atom. The van der Waals surface area contributed by atoms with E-state index in [1.165, 1.54) is 45.3 Å². The van der Waals surface area contributed by atoms with E-state index >= 15 is 0 Å². The highest BCUT2D eigenvalue weighted by Crippen LogP contribution is 2.53. The predicted molar refractivity (Wildman–Crippen MR) is 274 cm³/mol. The van der Waals surface area contributed by atoms with Gasteiger partial charge in [0, 0.05) is 28.1 Å². The molecule has 15 nitrogen and oxygen atoms in total. The van der Waals surface area contributed by atoms with Crippen molar-refractivity contribution >= 4 is 70.2 Å². The topological polar surface area (TPSA) is 170 Å². The second-order valence-corrected chi connectivity index (χ2v) is 19.2. The molecule has 4 aromatic carbocycles. The Bertz CT molecular complexity index is 3090. The van der Waals surface area contributed by atoms with Gasteiger partial charge in [0.25, 0.3) is 0 Å². The maximum atomic E-state index is 12.7. The maximum absolute atomic E-state index is 12.7. The number of ether oxygens (including phenoxy) is 6. The average molecular weight is 1120 g/mol. The highest BCUT2D eigenvalue weighted by atomic mass is 35.5. The number of esters is 1. The first kappa shape index (κ1) is 55.7. The lowest BCUT2D eigenvalue weighted by atomic mass is 9.89. The summed E-state index contributed by atoms with van der Waals surface area (Å²) in [5.74, 6) is -0.541. The summed E-state index contributed by atoms with van der Waals surface area (Å²) in [5.41, 5.74) is 0.606. The number of aliphatic hydroxyl groups is 1. The van der Waals surface area contributed by atoms with Crippen LogP contribution in [0.25, 0.3) is 5.57 Å². The lowest BCUT2D eigenvalue weighted by molar-refractivity contribution is -0.186. The number of aromatic amines is 1. The van der Waals surface area contributed by atoms with Crippen LogP contribution in [-0.4, -0.2) is 83.0 Å². The highest BCUT2D eigenvalue weighted by molar-refractivity contribution is 7.71. The van der Waals surface area contributed by atoms with Crippen molar-refractivity contribution in [3.63, 3.8) is 0 Å². The molecule has 0 bridgehead atoms. The van der Waals surface area contributed by atoms with Crippen molar-refractivity contribution in [1.82, 2.24) is 34.5 Å². The second kappa shape index (κ2) is 24.5. The van der Waals surface area contributed by atoms with Gasteiger partial charge < -0.3 is 33.5 Å². The number of nitrogens with zero attached hydrogens (tertiary/aromatic N) is 6. The molecule has 2 N–H and O–H groups in total. The Balaban J connectivity index is 0.000000163. The van der Waals surface area contributed by atoms with E-state index in [1.807, 2.05) is 43.3 Å². The van der Waals surface area contributed by atoms with Crippen molar-refractivity contribution in [3.05, 3.63) is 182 Å². The number of methoxy groups -OCH3 is 2. The summed E-state index contributed by atoms with van der Waals surface area (Å²) in [5, 5.41) is 20.0. The van der Waals surface area contributed by atoms with E-state index in [-0.39, 0.29) is 30.7 Å². The van der Waals surface area contributed by atoms with Gasteiger partial charge in [-0.1, -0.05) is 83.3 Å². The highest BCUT2D eigenvalue weighted by Gasteiger charge is 2.58. The molecular formula is C51H48Cl4F3N7O8S. The molecule has 0 amide bonds. The standard InChI is InChI=1S/C19H17Cl2N3O3.C18H16F3NO4.C14H15Cl2N3OS/c1-13-9-25-19(27-13,10-24-12-22-11-23-24)17-7-6-16(8-18(17)21)26-15-4-2-14(20)3-5-15;1-24-11-14(17(23)25-2)13-7-4-3-6-12(13)10-26-16-9-5-8-15(22-16)18(19,20)21;15-11-4-2-1-3-10(11)7-14(20,13(16)5-6-13)8-19-12(21)17-9-18-19/h2-8,11-13H,9-10H2,1H3;3-9,11H,10H2,1-2H3;1-4,9,20H,5-8H2,(H,17,18,21)/b;14-11+;. The zero-order valence-corrected chi connectivity index (χ0v) is 43.6. The fourth-order valence-electron chi connectivity index (χ4n) is 7.69. The molecule has 1 aliphatic heterocycles. The molecule has 74 heavy (non-hydrogen) atoms. The fourth-order valence-corrected chi connectivity index (χ4v) is 8.73. The molecule has 2 fully saturated rings. The number of hydrogen-bond acceptors (Lipinski definition) is 13. The number of hydrogen-bond donors (Lipinski definition) is 2. The molecule has 1 saturated heterocycles. The summed E-state index contributed by atoms with van der Waals surface area (Å²) in [6, 6.07) is 30.2. The summed E-state index contributed by atoms with van der Waals surface area (Å²) >= 11 is 30.4. The number of alkyl halides is 4. The first-order valence-electron chi connectivity index (χ1n) is 22.5. The number of halogens is 7. The molecule has 3 atom stereocenters. The molecule has 2 aliphatic rings. The minimum absolute atomic E-state index is 0.0606. The Morgan fingerprint density at radius 1 is 0.946 bits per heavy atom. The van der Waals surface area contributed by atoms with Gasteiger partial charge in [0.05, 0.1) is 49.6 Å². The van der Waals surface area contributed by atoms with E-state index in [1.54, 1.807) is 70.3 Å². The molecule has 9 rings (SSSR count). The van der Waals surface area contributed by atoms with Crippen LogP contribution in [0.5, 0.6) is 17.4 Å². The molecule has 4 heterocycles. The van der Waals surface area contributed by atoms with Gasteiger partial charge in [-0.15, -0.1) is 11.6 Å². The van der Waals surface area contributed by atoms with Crippen LogP contribution < -0.4 is 9.47 Å². The SMILES string of the molecule is CC1COC(Cn2cncn2)(c2ccc(Oc3ccc(Cl)cc3)cc2Cl)O1.CO/C=C(/C(=O)OC)c1ccccc1COc1cccc(C(F)(F)F)n1.OC(Cc1ccccc1Cl)(Cn1[nH]cnc1=S)C1(Cl)CC1. The number of benzene rings is 4. The van der Waals surface area contributed by atoms with Gasteiger partial charge in [-0.3, -0.25) is 9.78 Å². The average Bonchev–Trinajstić information content (AvgIpc) is 3.62. The fraction of sp³-hybridized carbons (Fsp3) is 0.294. The van der Waals surface area contributed by atoms with E-state index < -0.39 is 34.1 Å². The first-order valence-corrected chi connectivity index (χ1v) is 24.5. The van der Waals surface area contributed by atoms with Crippen molar-refractivity contribution in [2.45, 2.75) is 74.4 Å². The summed E-state index contributed by atoms with van der Waals surface area (Å²) in [6.07, 6.45) is 3.12. The van der Waals surface area contributed by atoms with Gasteiger partial charge in [-0.05, 0) is 103 Å². The van der Waals surface area contributed by atoms with Gasteiger partial charge in [0.1, 0.15) is 60.5 Å². The van der Waals surface area contributed by atoms with Crippen molar-refractivity contribution in [2.75, 3.05) is 20.8 Å². The maximum Gasteiger partial charge on any atom is 0.433 e. The van der Waals surface area contributed by atoms with Crippen molar-refractivity contribution in [2.24, 2.45) is 0 Å². The summed E-state index contributed by atoms with van der Waals surface area (Å²) < 4.78 is 74.8. The van der Waals surface area contributed by atoms with E-state index in [2.05, 4.69) is 25.1 Å². The number of rotatable bonds is 16. The smallest absolute Gasteiger partial charge is 0.433 e. The van der Waals surface area contributed by atoms with Crippen LogP contribution in [0.15, 0.2) is 134 Å². The molecule has 3 unspecified atom stereocenters. The third-order valence-corrected chi connectivity index (χ3v) is 13.5. The van der Waals surface area contributed by atoms with Crippen LogP contribution in [-0.2, 0) is 61.8 Å². The summed E-state index contributed by atoms with van der Waals surface area (Å²) in [7, 11) is 2.62. The van der Waals surface area contributed by atoms with Gasteiger partial charge in [0.15, 0.2) is 0 Å². The van der Waals surface area contributed by atoms with Gasteiger partial charge >= 0.3 is 12.1 Å². The predicted octanol–water partition coefficient (Wildman–Crippen LogP) is 11.8. The summed E-state index contributed by atoms with van der Waals surface area (Å²) in [6.45, 7) is 2.93. The number of aromatic nitrogens is 7. The number of nitrogens with one attached hydrogen (secondary N) is 1. The number of carbonyl (C=O) groups is 1. The van der Waals surface area contributed by atoms with Crippen LogP contribution in [0.3, 0.4) is 0 Å². The molecule has 1 aliphatic carbocycles. The molecule has 0 radical (unpaired) electrons. The molecule has 0 spiro atoms. The van der Waals surface area contributed by atoms with E-state index in [0.29, 0.717) is 67.6 Å². The quantitative estimate of drug-likeness (QED) is 0.0308. The molecule has 3 aromatic heterocycles. The third kappa shape index (κ3) is 14.2. The molecule has 1 saturated carbocycles. The first-order chi connectivity index (χ1) is 35.3. The number of carbonyl (C=O) groups excluding carboxylic acids is 1. The number of H-pyrrole nitrogens is 1. The Morgan fingerprint density at radius 2 is 1.66 bits per heavy atom. The molecule has 7 aromatic rings. The minimum atomic E-state index is -4.56. The lowest BCUT2D eigenvalue weighted by Crippen LogP contribution is -2.47.